The lowest BCUT2D eigenvalue weighted by atomic mass is 9.86. The summed E-state index contributed by atoms with van der Waals surface area (Å²) in [5.41, 5.74) is 2.63. The first kappa shape index (κ1) is 22.1. The fraction of sp³-hybridized carbons (Fsp3) is 0.458. The summed E-state index contributed by atoms with van der Waals surface area (Å²) in [6, 6.07) is 12.8. The molecule has 0 aliphatic carbocycles. The van der Waals surface area contributed by atoms with Gasteiger partial charge in [-0.3, -0.25) is 4.79 Å². The molecule has 6 heteroatoms. The van der Waals surface area contributed by atoms with Gasteiger partial charge in [-0.2, -0.15) is 0 Å². The summed E-state index contributed by atoms with van der Waals surface area (Å²) in [6.07, 6.45) is -0.519. The molecular formula is C24H31NO5. The Labute approximate surface area is 178 Å². The SMILES string of the molecule is COc1ccc([C@@H]2[C@@H](CO)OCCN2C(=O)c2ccc(C(C)(C)C)cc2)cc1OC. The minimum atomic E-state index is -0.519. The number of ether oxygens (including phenoxy) is 3. The van der Waals surface area contributed by atoms with Crippen LogP contribution in [0.3, 0.4) is 0 Å². The molecule has 0 radical (unpaired) electrons. The van der Waals surface area contributed by atoms with E-state index in [-0.39, 0.29) is 17.9 Å². The number of amides is 1. The molecule has 0 bridgehead atoms. The van der Waals surface area contributed by atoms with Gasteiger partial charge < -0.3 is 24.2 Å². The van der Waals surface area contributed by atoms with Crippen molar-refractivity contribution in [1.82, 2.24) is 4.90 Å². The zero-order chi connectivity index (χ0) is 21.9. The van der Waals surface area contributed by atoms with Crippen molar-refractivity contribution in [3.8, 4) is 11.5 Å². The highest BCUT2D eigenvalue weighted by atomic mass is 16.5. The largest absolute Gasteiger partial charge is 0.493 e. The van der Waals surface area contributed by atoms with Crippen molar-refractivity contribution in [2.75, 3.05) is 34.0 Å². The van der Waals surface area contributed by atoms with E-state index < -0.39 is 12.1 Å². The summed E-state index contributed by atoms with van der Waals surface area (Å²) in [6.45, 7) is 7.06. The highest BCUT2D eigenvalue weighted by Gasteiger charge is 2.37. The van der Waals surface area contributed by atoms with Crippen molar-refractivity contribution >= 4 is 5.91 Å². The molecule has 1 aliphatic heterocycles. The molecule has 1 saturated heterocycles. The van der Waals surface area contributed by atoms with Crippen molar-refractivity contribution in [2.45, 2.75) is 38.3 Å². The summed E-state index contributed by atoms with van der Waals surface area (Å²) < 4.78 is 16.5. The Morgan fingerprint density at radius 1 is 1.10 bits per heavy atom. The van der Waals surface area contributed by atoms with Gasteiger partial charge in [0.2, 0.25) is 0 Å². The predicted molar refractivity (Wildman–Crippen MR) is 115 cm³/mol. The second-order valence-corrected chi connectivity index (χ2v) is 8.48. The van der Waals surface area contributed by atoms with Crippen LogP contribution in [-0.4, -0.2) is 56.0 Å². The van der Waals surface area contributed by atoms with Gasteiger partial charge in [-0.05, 0) is 40.8 Å². The Bertz CT molecular complexity index is 872. The van der Waals surface area contributed by atoms with Gasteiger partial charge in [0, 0.05) is 12.1 Å². The van der Waals surface area contributed by atoms with Gasteiger partial charge in [-0.15, -0.1) is 0 Å². The minimum absolute atomic E-state index is 0.0186. The minimum Gasteiger partial charge on any atom is -0.493 e. The highest BCUT2D eigenvalue weighted by molar-refractivity contribution is 5.94. The quantitative estimate of drug-likeness (QED) is 0.812. The zero-order valence-electron chi connectivity index (χ0n) is 18.3. The van der Waals surface area contributed by atoms with Crippen LogP contribution in [0.5, 0.6) is 11.5 Å². The molecule has 1 N–H and O–H groups in total. The number of aliphatic hydroxyl groups excluding tert-OH is 1. The lowest BCUT2D eigenvalue weighted by Gasteiger charge is -2.41. The maximum Gasteiger partial charge on any atom is 0.254 e. The maximum absolute atomic E-state index is 13.4. The number of morpholine rings is 1. The van der Waals surface area contributed by atoms with Gasteiger partial charge >= 0.3 is 0 Å². The molecule has 1 amide bonds. The molecule has 6 nitrogen and oxygen atoms in total. The molecule has 1 fully saturated rings. The van der Waals surface area contributed by atoms with E-state index in [1.165, 1.54) is 5.56 Å². The number of hydrogen-bond donors (Lipinski definition) is 1. The van der Waals surface area contributed by atoms with Gasteiger partial charge in [0.15, 0.2) is 11.5 Å². The lowest BCUT2D eigenvalue weighted by Crippen LogP contribution is -2.49. The van der Waals surface area contributed by atoms with E-state index in [0.717, 1.165) is 5.56 Å². The van der Waals surface area contributed by atoms with Crippen LogP contribution >= 0.6 is 0 Å². The van der Waals surface area contributed by atoms with Crippen LogP contribution in [0, 0.1) is 0 Å². The fourth-order valence-electron chi connectivity index (χ4n) is 3.82. The van der Waals surface area contributed by atoms with Gasteiger partial charge in [0.1, 0.15) is 6.10 Å². The number of hydrogen-bond acceptors (Lipinski definition) is 5. The van der Waals surface area contributed by atoms with Gasteiger partial charge in [-0.1, -0.05) is 39.0 Å². The Kier molecular flexibility index (Phi) is 6.68. The van der Waals surface area contributed by atoms with Gasteiger partial charge in [-0.25, -0.2) is 0 Å². The van der Waals surface area contributed by atoms with E-state index in [0.29, 0.717) is 30.2 Å². The number of methoxy groups -OCH3 is 2. The third kappa shape index (κ3) is 4.45. The van der Waals surface area contributed by atoms with E-state index in [1.807, 2.05) is 36.4 Å². The predicted octanol–water partition coefficient (Wildman–Crippen LogP) is 3.58. The molecule has 0 saturated carbocycles. The van der Waals surface area contributed by atoms with E-state index in [2.05, 4.69) is 20.8 Å². The first-order chi connectivity index (χ1) is 14.3. The number of aliphatic hydroxyl groups is 1. The lowest BCUT2D eigenvalue weighted by molar-refractivity contribution is -0.0811. The van der Waals surface area contributed by atoms with Crippen molar-refractivity contribution in [3.63, 3.8) is 0 Å². The Morgan fingerprint density at radius 3 is 2.33 bits per heavy atom. The van der Waals surface area contributed by atoms with Crippen molar-refractivity contribution in [3.05, 3.63) is 59.2 Å². The molecule has 2 atom stereocenters. The standard InChI is InChI=1S/C24H31NO5/c1-24(2,3)18-9-6-16(7-10-18)23(27)25-12-13-30-21(15-26)22(25)17-8-11-19(28-4)20(14-17)29-5/h6-11,14,21-22,26H,12-13,15H2,1-5H3/t21-,22-/m1/s1. The third-order valence-electron chi connectivity index (χ3n) is 5.54. The highest BCUT2D eigenvalue weighted by Crippen LogP contribution is 2.36. The summed E-state index contributed by atoms with van der Waals surface area (Å²) in [4.78, 5) is 15.2. The van der Waals surface area contributed by atoms with E-state index >= 15 is 0 Å². The second-order valence-electron chi connectivity index (χ2n) is 8.48. The van der Waals surface area contributed by atoms with Crippen LogP contribution in [0.15, 0.2) is 42.5 Å². The van der Waals surface area contributed by atoms with Gasteiger partial charge in [0.25, 0.3) is 5.91 Å². The Morgan fingerprint density at radius 2 is 1.77 bits per heavy atom. The molecular weight excluding hydrogens is 382 g/mol. The Hall–Kier alpha value is -2.57. The van der Waals surface area contributed by atoms with Crippen molar-refractivity contribution < 1.29 is 24.1 Å². The van der Waals surface area contributed by atoms with E-state index in [9.17, 15) is 9.90 Å². The fourth-order valence-corrected chi connectivity index (χ4v) is 3.82. The topological polar surface area (TPSA) is 68.2 Å². The summed E-state index contributed by atoms with van der Waals surface area (Å²) >= 11 is 0. The number of nitrogens with zero attached hydrogens (tertiary/aromatic N) is 1. The average Bonchev–Trinajstić information content (AvgIpc) is 2.77. The van der Waals surface area contributed by atoms with Crippen molar-refractivity contribution in [2.24, 2.45) is 0 Å². The van der Waals surface area contributed by atoms with Gasteiger partial charge in [0.05, 0.1) is 33.5 Å². The second kappa shape index (κ2) is 9.06. The number of carbonyl (C=O) groups excluding carboxylic acids is 1. The molecule has 162 valence electrons. The molecule has 2 aromatic rings. The summed E-state index contributed by atoms with van der Waals surface area (Å²) in [7, 11) is 3.15. The maximum atomic E-state index is 13.4. The molecule has 3 rings (SSSR count). The summed E-state index contributed by atoms with van der Waals surface area (Å²) in [5, 5.41) is 9.93. The summed E-state index contributed by atoms with van der Waals surface area (Å²) in [5.74, 6) is 1.09. The van der Waals surface area contributed by atoms with Crippen LogP contribution < -0.4 is 9.47 Å². The molecule has 0 spiro atoms. The van der Waals surface area contributed by atoms with E-state index in [1.54, 1.807) is 25.2 Å². The molecule has 30 heavy (non-hydrogen) atoms. The molecule has 0 unspecified atom stereocenters. The van der Waals surface area contributed by atoms with Crippen LogP contribution in [0.2, 0.25) is 0 Å². The van der Waals surface area contributed by atoms with E-state index in [4.69, 9.17) is 14.2 Å². The number of rotatable bonds is 5. The van der Waals surface area contributed by atoms with Crippen LogP contribution in [0.1, 0.15) is 48.3 Å². The smallest absolute Gasteiger partial charge is 0.254 e. The molecule has 0 aromatic heterocycles. The Balaban J connectivity index is 1.96. The number of carbonyl (C=O) groups is 1. The molecule has 1 heterocycles. The monoisotopic (exact) mass is 413 g/mol. The molecule has 1 aliphatic rings. The van der Waals surface area contributed by atoms with Crippen LogP contribution in [-0.2, 0) is 10.2 Å². The average molecular weight is 414 g/mol. The number of benzene rings is 2. The normalized spacial score (nSPS) is 19.5. The molecule has 2 aromatic carbocycles. The van der Waals surface area contributed by atoms with Crippen molar-refractivity contribution in [1.29, 1.82) is 0 Å². The van der Waals surface area contributed by atoms with Crippen LogP contribution in [0.4, 0.5) is 0 Å². The third-order valence-corrected chi connectivity index (χ3v) is 5.54. The zero-order valence-corrected chi connectivity index (χ0v) is 18.3. The first-order valence-electron chi connectivity index (χ1n) is 10.2. The first-order valence-corrected chi connectivity index (χ1v) is 10.2. The van der Waals surface area contributed by atoms with Crippen LogP contribution in [0.25, 0.3) is 0 Å².